The van der Waals surface area contributed by atoms with Gasteiger partial charge in [0.2, 0.25) is 5.91 Å². The van der Waals surface area contributed by atoms with Crippen molar-refractivity contribution in [3.8, 4) is 0 Å². The van der Waals surface area contributed by atoms with Crippen molar-refractivity contribution in [1.82, 2.24) is 0 Å². The van der Waals surface area contributed by atoms with Gasteiger partial charge in [0.05, 0.1) is 7.11 Å². The van der Waals surface area contributed by atoms with E-state index in [1.54, 1.807) is 0 Å². The Morgan fingerprint density at radius 3 is 2.53 bits per heavy atom. The van der Waals surface area contributed by atoms with Crippen LogP contribution in [-0.4, -0.2) is 19.0 Å². The summed E-state index contributed by atoms with van der Waals surface area (Å²) >= 11 is 0. The number of hydrogen-bond donors (Lipinski definition) is 1. The molecule has 0 saturated heterocycles. The van der Waals surface area contributed by atoms with Gasteiger partial charge in [0.1, 0.15) is 0 Å². The number of hydrogen-bond acceptors (Lipinski definition) is 3. The molecule has 0 aliphatic carbocycles. The monoisotopic (exact) mass is 265 g/mol. The molecule has 1 N–H and O–H groups in total. The average molecular weight is 265 g/mol. The van der Waals surface area contributed by atoms with Gasteiger partial charge in [-0.1, -0.05) is 31.0 Å². The van der Waals surface area contributed by atoms with Crippen molar-refractivity contribution in [1.29, 1.82) is 0 Å². The van der Waals surface area contributed by atoms with E-state index >= 15 is 0 Å². The lowest BCUT2D eigenvalue weighted by atomic mass is 10.1. The van der Waals surface area contributed by atoms with E-state index in [4.69, 9.17) is 0 Å². The van der Waals surface area contributed by atoms with E-state index < -0.39 is 0 Å². The van der Waals surface area contributed by atoms with Gasteiger partial charge in [-0.3, -0.25) is 9.59 Å². The maximum Gasteiger partial charge on any atom is 0.305 e. The molecule has 0 saturated carbocycles. The Bertz CT molecular complexity index is 390. The van der Waals surface area contributed by atoms with Crippen LogP contribution in [0.2, 0.25) is 0 Å². The van der Waals surface area contributed by atoms with Gasteiger partial charge < -0.3 is 10.1 Å². The summed E-state index contributed by atoms with van der Waals surface area (Å²) in [4.78, 5) is 22.5. The molecule has 1 aromatic carbocycles. The Morgan fingerprint density at radius 1 is 1.16 bits per heavy atom. The topological polar surface area (TPSA) is 55.4 Å². The zero-order valence-electron chi connectivity index (χ0n) is 11.4. The van der Waals surface area contributed by atoms with E-state index in [-0.39, 0.29) is 11.9 Å². The molecule has 1 rings (SSSR count). The molecular weight excluding hydrogens is 244 g/mol. The zero-order valence-corrected chi connectivity index (χ0v) is 11.4. The zero-order chi connectivity index (χ0) is 13.9. The lowest BCUT2D eigenvalue weighted by molar-refractivity contribution is -0.140. The molecule has 0 aliphatic heterocycles. The van der Waals surface area contributed by atoms with Crippen LogP contribution < -0.4 is 5.32 Å². The van der Waals surface area contributed by atoms with Crippen LogP contribution in [0, 0.1) is 0 Å². The minimum absolute atomic E-state index is 0.0409. The van der Waals surface area contributed by atoms with Gasteiger partial charge >= 0.3 is 5.97 Å². The minimum atomic E-state index is -0.165. The molecule has 0 heterocycles. The van der Waals surface area contributed by atoms with Crippen LogP contribution in [0.15, 0.2) is 30.3 Å². The van der Waals surface area contributed by atoms with Crippen LogP contribution in [0.1, 0.15) is 38.5 Å². The number of benzene rings is 1. The highest BCUT2D eigenvalue weighted by molar-refractivity contribution is 5.90. The normalized spacial score (nSPS) is 9.95. The van der Waals surface area contributed by atoms with Crippen molar-refractivity contribution >= 4 is 17.6 Å². The molecule has 104 valence electrons. The largest absolute Gasteiger partial charge is 0.469 e. The van der Waals surface area contributed by atoms with Crippen LogP contribution in [0.4, 0.5) is 5.69 Å². The maximum absolute atomic E-state index is 11.6. The van der Waals surface area contributed by atoms with Crippen molar-refractivity contribution in [3.05, 3.63) is 30.3 Å². The fourth-order valence-electron chi connectivity index (χ4n) is 1.76. The molecular formula is C15H21NO3. The van der Waals surface area contributed by atoms with Crippen molar-refractivity contribution < 1.29 is 14.3 Å². The van der Waals surface area contributed by atoms with Gasteiger partial charge in [0.25, 0.3) is 0 Å². The molecule has 0 atom stereocenters. The number of rotatable bonds is 8. The molecule has 0 spiro atoms. The summed E-state index contributed by atoms with van der Waals surface area (Å²) in [6, 6.07) is 9.43. The smallest absolute Gasteiger partial charge is 0.305 e. The summed E-state index contributed by atoms with van der Waals surface area (Å²) in [6.07, 6.45) is 4.57. The second-order valence-electron chi connectivity index (χ2n) is 4.40. The number of nitrogens with one attached hydrogen (secondary N) is 1. The SMILES string of the molecule is COC(=O)CCCCCC[14C](=O)Nc1ccccc1. The number of carbonyl (C=O) groups excluding carboxylic acids is 2. The molecule has 0 aliphatic rings. The minimum Gasteiger partial charge on any atom is -0.469 e. The third-order valence-corrected chi connectivity index (χ3v) is 2.82. The molecule has 0 aromatic heterocycles. The van der Waals surface area contributed by atoms with Gasteiger partial charge in [-0.25, -0.2) is 0 Å². The second kappa shape index (κ2) is 9.14. The van der Waals surface area contributed by atoms with Crippen LogP contribution >= 0.6 is 0 Å². The Hall–Kier alpha value is -1.84. The fraction of sp³-hybridized carbons (Fsp3) is 0.467. The number of ether oxygens (including phenoxy) is 1. The molecule has 0 unspecified atom stereocenters. The number of unbranched alkanes of at least 4 members (excludes halogenated alkanes) is 3. The number of carbonyl (C=O) groups is 2. The Kier molecular flexibility index (Phi) is 7.32. The quantitative estimate of drug-likeness (QED) is 0.580. The van der Waals surface area contributed by atoms with Gasteiger partial charge in [-0.05, 0) is 25.0 Å². The van der Waals surface area contributed by atoms with E-state index in [2.05, 4.69) is 10.1 Å². The molecule has 0 fully saturated rings. The third-order valence-electron chi connectivity index (χ3n) is 2.82. The van der Waals surface area contributed by atoms with E-state index in [0.29, 0.717) is 12.8 Å². The molecule has 0 bridgehead atoms. The maximum atomic E-state index is 11.6. The first-order valence-corrected chi connectivity index (χ1v) is 6.64. The molecule has 1 amide bonds. The number of anilines is 1. The molecule has 4 heteroatoms. The van der Waals surface area contributed by atoms with Gasteiger partial charge in [0, 0.05) is 18.5 Å². The summed E-state index contributed by atoms with van der Waals surface area (Å²) in [6.45, 7) is 0. The summed E-state index contributed by atoms with van der Waals surface area (Å²) in [5.41, 5.74) is 0.832. The van der Waals surface area contributed by atoms with Crippen LogP contribution in [0.3, 0.4) is 0 Å². The average Bonchev–Trinajstić information content (AvgIpc) is 2.43. The number of methoxy groups -OCH3 is 1. The van der Waals surface area contributed by atoms with E-state index in [9.17, 15) is 9.59 Å². The first-order valence-electron chi connectivity index (χ1n) is 6.64. The number of para-hydroxylation sites is 1. The first kappa shape index (κ1) is 15.2. The van der Waals surface area contributed by atoms with Gasteiger partial charge in [-0.15, -0.1) is 0 Å². The van der Waals surface area contributed by atoms with Crippen LogP contribution in [0.25, 0.3) is 0 Å². The van der Waals surface area contributed by atoms with E-state index in [0.717, 1.165) is 31.4 Å². The Labute approximate surface area is 114 Å². The molecule has 19 heavy (non-hydrogen) atoms. The highest BCUT2D eigenvalue weighted by atomic mass is 16.5. The predicted molar refractivity (Wildman–Crippen MR) is 74.8 cm³/mol. The van der Waals surface area contributed by atoms with Crippen molar-refractivity contribution in [3.63, 3.8) is 0 Å². The first-order chi connectivity index (χ1) is 9.22. The number of amides is 1. The van der Waals surface area contributed by atoms with Crippen LogP contribution in [0.5, 0.6) is 0 Å². The standard InChI is InChI=1S/C15H21NO3/c1-19-15(18)12-8-3-2-7-11-14(17)16-13-9-5-4-6-10-13/h4-6,9-10H,2-3,7-8,11-12H2,1H3,(H,16,17)/i14+2. The van der Waals surface area contributed by atoms with Gasteiger partial charge in [0.15, 0.2) is 0 Å². The Morgan fingerprint density at radius 2 is 1.84 bits per heavy atom. The fourth-order valence-corrected chi connectivity index (χ4v) is 1.76. The summed E-state index contributed by atoms with van der Waals surface area (Å²) in [7, 11) is 1.40. The summed E-state index contributed by atoms with van der Waals surface area (Å²) in [5.74, 6) is -0.124. The molecule has 4 nitrogen and oxygen atoms in total. The predicted octanol–water partition coefficient (Wildman–Crippen LogP) is 3.14. The lowest BCUT2D eigenvalue weighted by Crippen LogP contribution is -2.10. The highest BCUT2D eigenvalue weighted by Crippen LogP contribution is 2.09. The van der Waals surface area contributed by atoms with Crippen molar-refractivity contribution in [2.24, 2.45) is 0 Å². The van der Waals surface area contributed by atoms with Gasteiger partial charge in [-0.2, -0.15) is 0 Å². The molecule has 1 aromatic rings. The second-order valence-corrected chi connectivity index (χ2v) is 4.40. The van der Waals surface area contributed by atoms with Crippen LogP contribution in [-0.2, 0) is 14.3 Å². The highest BCUT2D eigenvalue weighted by Gasteiger charge is 2.03. The van der Waals surface area contributed by atoms with Crippen molar-refractivity contribution in [2.45, 2.75) is 38.5 Å². The lowest BCUT2D eigenvalue weighted by Gasteiger charge is -2.04. The Balaban J connectivity index is 2.03. The summed E-state index contributed by atoms with van der Waals surface area (Å²) < 4.78 is 4.56. The van der Waals surface area contributed by atoms with E-state index in [1.807, 2.05) is 30.3 Å². The third kappa shape index (κ3) is 7.24. The van der Waals surface area contributed by atoms with E-state index in [1.165, 1.54) is 7.11 Å². The number of esters is 1. The molecule has 0 radical (unpaired) electrons. The summed E-state index contributed by atoms with van der Waals surface area (Å²) in [5, 5.41) is 2.85. The van der Waals surface area contributed by atoms with Crippen molar-refractivity contribution in [2.75, 3.05) is 12.4 Å².